The molecule has 0 aliphatic rings. The monoisotopic (exact) mass is 386 g/mol. The molecule has 0 aromatic carbocycles. The van der Waals surface area contributed by atoms with Crippen LogP contribution in [0.1, 0.15) is 90.9 Å². The van der Waals surface area contributed by atoms with Crippen molar-refractivity contribution >= 4 is 23.5 Å². The van der Waals surface area contributed by atoms with Gasteiger partial charge in [0.05, 0.1) is 6.61 Å². The summed E-state index contributed by atoms with van der Waals surface area (Å²) >= 11 is 5.64. The Morgan fingerprint density at radius 3 is 2.04 bits per heavy atom. The van der Waals surface area contributed by atoms with Gasteiger partial charge in [0.1, 0.15) is 0 Å². The van der Waals surface area contributed by atoms with E-state index < -0.39 is 0 Å². The van der Waals surface area contributed by atoms with Gasteiger partial charge in [0, 0.05) is 18.7 Å². The van der Waals surface area contributed by atoms with Gasteiger partial charge >= 0.3 is 11.9 Å². The smallest absolute Gasteiger partial charge is 0.307 e. The van der Waals surface area contributed by atoms with Crippen molar-refractivity contribution < 1.29 is 19.1 Å². The van der Waals surface area contributed by atoms with Crippen LogP contribution in [-0.2, 0) is 19.1 Å². The minimum absolute atomic E-state index is 0.223. The van der Waals surface area contributed by atoms with E-state index in [-0.39, 0.29) is 30.9 Å². The molecule has 0 bridgehead atoms. The van der Waals surface area contributed by atoms with Crippen LogP contribution in [0, 0.1) is 11.8 Å². The van der Waals surface area contributed by atoms with Crippen LogP contribution in [-0.4, -0.2) is 30.5 Å². The van der Waals surface area contributed by atoms with Crippen molar-refractivity contribution in [1.82, 2.24) is 0 Å². The Morgan fingerprint density at radius 1 is 0.885 bits per heavy atom. The Morgan fingerprint density at radius 2 is 1.46 bits per heavy atom. The van der Waals surface area contributed by atoms with Crippen LogP contribution >= 0.6 is 11.6 Å². The Bertz CT molecular complexity index is 425. The van der Waals surface area contributed by atoms with Gasteiger partial charge in [-0.15, -0.1) is 17.5 Å². The normalized spacial score (nSPS) is 11.3. The number of esters is 2. The molecule has 150 valence electrons. The molecule has 0 saturated heterocycles. The fourth-order valence-electron chi connectivity index (χ4n) is 2.49. The van der Waals surface area contributed by atoms with Gasteiger partial charge in [0.25, 0.3) is 0 Å². The number of ether oxygens (including phenoxy) is 2. The van der Waals surface area contributed by atoms with Gasteiger partial charge in [-0.1, -0.05) is 51.4 Å². The molecule has 0 saturated carbocycles. The number of rotatable bonds is 16. The summed E-state index contributed by atoms with van der Waals surface area (Å²) in [5.74, 6) is 5.80. The highest BCUT2D eigenvalue weighted by Gasteiger charge is 2.11. The van der Waals surface area contributed by atoms with Gasteiger partial charge in [0.2, 0.25) is 0 Å². The van der Waals surface area contributed by atoms with Crippen molar-refractivity contribution in [1.29, 1.82) is 0 Å². The van der Waals surface area contributed by atoms with Gasteiger partial charge in [-0.05, 0) is 32.6 Å². The first-order valence-corrected chi connectivity index (χ1v) is 10.5. The largest absolute Gasteiger partial charge is 0.466 e. The molecule has 0 fully saturated rings. The lowest BCUT2D eigenvalue weighted by Crippen LogP contribution is -2.16. The van der Waals surface area contributed by atoms with Gasteiger partial charge in [-0.3, -0.25) is 9.59 Å². The van der Waals surface area contributed by atoms with Crippen molar-refractivity contribution in [2.75, 3.05) is 12.5 Å². The number of hydrogen-bond donors (Lipinski definition) is 0. The number of unbranched alkanes of at least 4 members (excludes halogenated alkanes) is 7. The summed E-state index contributed by atoms with van der Waals surface area (Å²) in [5.41, 5.74) is 0. The topological polar surface area (TPSA) is 52.6 Å². The van der Waals surface area contributed by atoms with Crippen LogP contribution in [0.4, 0.5) is 0 Å². The van der Waals surface area contributed by atoms with E-state index in [0.717, 1.165) is 25.1 Å². The number of alkyl halides is 1. The molecule has 0 aromatic rings. The zero-order valence-electron chi connectivity index (χ0n) is 16.5. The molecule has 5 heteroatoms. The van der Waals surface area contributed by atoms with Crippen LogP contribution in [0.5, 0.6) is 0 Å². The first kappa shape index (κ1) is 24.8. The predicted octanol–water partition coefficient (Wildman–Crippen LogP) is 5.40. The lowest BCUT2D eigenvalue weighted by atomic mass is 10.1. The number of carbonyl (C=O) groups is 2. The minimum Gasteiger partial charge on any atom is -0.466 e. The number of halogens is 1. The zero-order valence-corrected chi connectivity index (χ0v) is 17.2. The Balaban J connectivity index is 3.49. The van der Waals surface area contributed by atoms with E-state index in [1.807, 2.05) is 6.92 Å². The Hall–Kier alpha value is -1.21. The van der Waals surface area contributed by atoms with E-state index in [1.54, 1.807) is 6.92 Å². The van der Waals surface area contributed by atoms with Crippen LogP contribution in [0.2, 0.25) is 0 Å². The third-order valence-corrected chi connectivity index (χ3v) is 4.27. The van der Waals surface area contributed by atoms with Crippen molar-refractivity contribution in [2.45, 2.75) is 97.0 Å². The summed E-state index contributed by atoms with van der Waals surface area (Å²) in [6.07, 6.45) is 10.5. The van der Waals surface area contributed by atoms with Crippen LogP contribution in [0.15, 0.2) is 0 Å². The molecule has 0 N–H and O–H groups in total. The molecular formula is C21H35ClO4. The Kier molecular flexibility index (Phi) is 17.7. The Labute approximate surface area is 164 Å². The number of carbonyl (C=O) groups excluding carboxylic acids is 2. The second-order valence-corrected chi connectivity index (χ2v) is 6.75. The predicted molar refractivity (Wildman–Crippen MR) is 106 cm³/mol. The molecule has 1 unspecified atom stereocenters. The molecule has 0 radical (unpaired) electrons. The lowest BCUT2D eigenvalue weighted by molar-refractivity contribution is -0.147. The fourth-order valence-corrected chi connectivity index (χ4v) is 2.67. The zero-order chi connectivity index (χ0) is 19.5. The van der Waals surface area contributed by atoms with Gasteiger partial charge in [-0.25, -0.2) is 0 Å². The molecule has 0 aliphatic heterocycles. The van der Waals surface area contributed by atoms with Crippen molar-refractivity contribution in [3.8, 4) is 11.8 Å². The summed E-state index contributed by atoms with van der Waals surface area (Å²) in [6.45, 7) is 4.11. The minimum atomic E-state index is -0.347. The molecular weight excluding hydrogens is 352 g/mol. The fraction of sp³-hybridized carbons (Fsp3) is 0.810. The molecule has 26 heavy (non-hydrogen) atoms. The second-order valence-electron chi connectivity index (χ2n) is 6.37. The van der Waals surface area contributed by atoms with E-state index in [0.29, 0.717) is 19.4 Å². The molecule has 0 aromatic heterocycles. The summed E-state index contributed by atoms with van der Waals surface area (Å²) in [4.78, 5) is 23.3. The number of hydrogen-bond acceptors (Lipinski definition) is 4. The molecule has 0 spiro atoms. The van der Waals surface area contributed by atoms with Gasteiger partial charge in [-0.2, -0.15) is 0 Å². The maximum absolute atomic E-state index is 11.7. The highest BCUT2D eigenvalue weighted by Crippen LogP contribution is 2.09. The van der Waals surface area contributed by atoms with Gasteiger partial charge < -0.3 is 9.47 Å². The average Bonchev–Trinajstić information content (AvgIpc) is 2.62. The molecule has 4 nitrogen and oxygen atoms in total. The first-order valence-electron chi connectivity index (χ1n) is 9.97. The third kappa shape index (κ3) is 16.3. The maximum Gasteiger partial charge on any atom is 0.307 e. The van der Waals surface area contributed by atoms with E-state index in [9.17, 15) is 9.59 Å². The molecule has 0 heterocycles. The van der Waals surface area contributed by atoms with E-state index in [1.165, 1.54) is 32.1 Å². The average molecular weight is 387 g/mol. The summed E-state index contributed by atoms with van der Waals surface area (Å²) < 4.78 is 10.4. The van der Waals surface area contributed by atoms with Crippen molar-refractivity contribution in [2.24, 2.45) is 0 Å². The second kappa shape index (κ2) is 18.6. The summed E-state index contributed by atoms with van der Waals surface area (Å²) in [5, 5.41) is 0. The van der Waals surface area contributed by atoms with E-state index in [2.05, 4.69) is 11.8 Å². The quantitative estimate of drug-likeness (QED) is 0.154. The highest BCUT2D eigenvalue weighted by molar-refractivity contribution is 6.17. The highest BCUT2D eigenvalue weighted by atomic mass is 35.5. The molecule has 0 rings (SSSR count). The van der Waals surface area contributed by atoms with E-state index >= 15 is 0 Å². The van der Waals surface area contributed by atoms with Crippen LogP contribution < -0.4 is 0 Å². The SMILES string of the molecule is CC#CC(CC)OC(=O)CCCC(=O)OCCCCCCCCCCCl. The van der Waals surface area contributed by atoms with Crippen molar-refractivity contribution in [3.63, 3.8) is 0 Å². The van der Waals surface area contributed by atoms with Gasteiger partial charge in [0.15, 0.2) is 6.10 Å². The summed E-state index contributed by atoms with van der Waals surface area (Å²) in [6, 6.07) is 0. The van der Waals surface area contributed by atoms with Crippen molar-refractivity contribution in [3.05, 3.63) is 0 Å². The summed E-state index contributed by atoms with van der Waals surface area (Å²) in [7, 11) is 0. The third-order valence-electron chi connectivity index (χ3n) is 4.00. The standard InChI is InChI=1S/C21H35ClO4/c1-3-14-19(4-2)26-21(24)16-13-15-20(23)25-18-12-10-8-6-5-7-9-11-17-22/h19H,4-13,15-18H2,1-2H3. The van der Waals surface area contributed by atoms with Crippen LogP contribution in [0.3, 0.4) is 0 Å². The molecule has 0 amide bonds. The van der Waals surface area contributed by atoms with Crippen LogP contribution in [0.25, 0.3) is 0 Å². The van der Waals surface area contributed by atoms with E-state index in [4.69, 9.17) is 21.1 Å². The molecule has 0 aliphatic carbocycles. The maximum atomic E-state index is 11.7. The lowest BCUT2D eigenvalue weighted by Gasteiger charge is -2.10. The molecule has 1 atom stereocenters. The first-order chi connectivity index (χ1) is 12.6.